The molecule has 0 saturated heterocycles. The van der Waals surface area contributed by atoms with Gasteiger partial charge in [0.2, 0.25) is 0 Å². The summed E-state index contributed by atoms with van der Waals surface area (Å²) in [4.78, 5) is 21.2. The molecule has 16 heavy (non-hydrogen) atoms. The number of aldehydes is 1. The Morgan fingerprint density at radius 1 is 1.38 bits per heavy atom. The third-order valence-corrected chi connectivity index (χ3v) is 1.98. The lowest BCUT2D eigenvalue weighted by atomic mass is 10.2. The maximum absolute atomic E-state index is 11.2. The molecule has 1 aromatic carbocycles. The smallest absolute Gasteiger partial charge is 0.257 e. The van der Waals surface area contributed by atoms with E-state index in [-0.39, 0.29) is 12.5 Å². The predicted octanol–water partition coefficient (Wildman–Crippen LogP) is 1.08. The van der Waals surface area contributed by atoms with E-state index >= 15 is 0 Å². The van der Waals surface area contributed by atoms with Gasteiger partial charge in [0.25, 0.3) is 5.91 Å². The SMILES string of the molecule is Cc1ccc(OCC(=O)NCCC=O)cc1. The maximum Gasteiger partial charge on any atom is 0.257 e. The molecule has 1 aromatic rings. The van der Waals surface area contributed by atoms with E-state index in [4.69, 9.17) is 4.74 Å². The van der Waals surface area contributed by atoms with Gasteiger partial charge in [-0.3, -0.25) is 4.79 Å². The summed E-state index contributed by atoms with van der Waals surface area (Å²) in [6.45, 7) is 2.32. The van der Waals surface area contributed by atoms with Crippen LogP contribution >= 0.6 is 0 Å². The zero-order valence-corrected chi connectivity index (χ0v) is 9.23. The average Bonchev–Trinajstić information content (AvgIpc) is 2.29. The normalized spacial score (nSPS) is 9.56. The fourth-order valence-electron chi connectivity index (χ4n) is 1.10. The molecule has 1 rings (SSSR count). The molecular formula is C12H15NO3. The highest BCUT2D eigenvalue weighted by Crippen LogP contribution is 2.10. The van der Waals surface area contributed by atoms with Crippen LogP contribution in [-0.2, 0) is 9.59 Å². The fourth-order valence-corrected chi connectivity index (χ4v) is 1.10. The Hall–Kier alpha value is -1.84. The summed E-state index contributed by atoms with van der Waals surface area (Å²) in [6.07, 6.45) is 1.09. The molecule has 1 amide bonds. The van der Waals surface area contributed by atoms with E-state index in [0.717, 1.165) is 11.8 Å². The van der Waals surface area contributed by atoms with E-state index in [2.05, 4.69) is 5.32 Å². The van der Waals surface area contributed by atoms with Crippen molar-refractivity contribution in [3.05, 3.63) is 29.8 Å². The van der Waals surface area contributed by atoms with Gasteiger partial charge in [-0.2, -0.15) is 0 Å². The summed E-state index contributed by atoms with van der Waals surface area (Å²) in [5.74, 6) is 0.443. The Balaban J connectivity index is 2.26. The predicted molar refractivity (Wildman–Crippen MR) is 60.4 cm³/mol. The monoisotopic (exact) mass is 221 g/mol. The molecule has 0 aliphatic rings. The highest BCUT2D eigenvalue weighted by molar-refractivity contribution is 5.77. The van der Waals surface area contributed by atoms with E-state index in [9.17, 15) is 9.59 Å². The summed E-state index contributed by atoms with van der Waals surface area (Å²) < 4.78 is 5.25. The number of carbonyl (C=O) groups is 2. The number of amides is 1. The minimum absolute atomic E-state index is 0.0259. The number of carbonyl (C=O) groups excluding carboxylic acids is 2. The Morgan fingerprint density at radius 2 is 2.06 bits per heavy atom. The minimum atomic E-state index is -0.220. The maximum atomic E-state index is 11.2. The summed E-state index contributed by atoms with van der Waals surface area (Å²) in [5.41, 5.74) is 1.14. The first-order valence-electron chi connectivity index (χ1n) is 5.12. The third kappa shape index (κ3) is 4.59. The largest absolute Gasteiger partial charge is 0.484 e. The Bertz CT molecular complexity index is 346. The lowest BCUT2D eigenvalue weighted by Gasteiger charge is -2.06. The molecule has 4 nitrogen and oxygen atoms in total. The van der Waals surface area contributed by atoms with Gasteiger partial charge in [-0.15, -0.1) is 0 Å². The minimum Gasteiger partial charge on any atom is -0.484 e. The van der Waals surface area contributed by atoms with E-state index in [1.54, 1.807) is 0 Å². The van der Waals surface area contributed by atoms with Crippen molar-refractivity contribution in [3.63, 3.8) is 0 Å². The van der Waals surface area contributed by atoms with Crippen LogP contribution in [0.15, 0.2) is 24.3 Å². The van der Waals surface area contributed by atoms with Gasteiger partial charge in [0.1, 0.15) is 12.0 Å². The summed E-state index contributed by atoms with van der Waals surface area (Å²) >= 11 is 0. The molecule has 0 aliphatic carbocycles. The van der Waals surface area contributed by atoms with Crippen LogP contribution in [-0.4, -0.2) is 25.3 Å². The van der Waals surface area contributed by atoms with Crippen molar-refractivity contribution in [3.8, 4) is 5.75 Å². The van der Waals surface area contributed by atoms with Crippen LogP contribution in [0.4, 0.5) is 0 Å². The van der Waals surface area contributed by atoms with Crippen LogP contribution in [0, 0.1) is 6.92 Å². The Labute approximate surface area is 94.6 Å². The number of ether oxygens (including phenoxy) is 1. The molecule has 0 unspecified atom stereocenters. The number of rotatable bonds is 6. The van der Waals surface area contributed by atoms with Gasteiger partial charge in [-0.1, -0.05) is 17.7 Å². The molecule has 4 heteroatoms. The van der Waals surface area contributed by atoms with Crippen molar-refractivity contribution < 1.29 is 14.3 Å². The molecule has 0 atom stereocenters. The molecular weight excluding hydrogens is 206 g/mol. The standard InChI is InChI=1S/C12H15NO3/c1-10-3-5-11(6-4-10)16-9-12(15)13-7-2-8-14/h3-6,8H,2,7,9H2,1H3,(H,13,15). The van der Waals surface area contributed by atoms with Gasteiger partial charge in [-0.25, -0.2) is 0 Å². The van der Waals surface area contributed by atoms with Crippen LogP contribution in [0.1, 0.15) is 12.0 Å². The second-order valence-corrected chi connectivity index (χ2v) is 3.41. The zero-order chi connectivity index (χ0) is 11.8. The lowest BCUT2D eigenvalue weighted by molar-refractivity contribution is -0.123. The highest BCUT2D eigenvalue weighted by atomic mass is 16.5. The first-order chi connectivity index (χ1) is 7.72. The van der Waals surface area contributed by atoms with Crippen LogP contribution < -0.4 is 10.1 Å². The van der Waals surface area contributed by atoms with Crippen molar-refractivity contribution in [2.45, 2.75) is 13.3 Å². The molecule has 0 aromatic heterocycles. The van der Waals surface area contributed by atoms with Gasteiger partial charge in [0.15, 0.2) is 6.61 Å². The van der Waals surface area contributed by atoms with Crippen LogP contribution in [0.2, 0.25) is 0 Å². The van der Waals surface area contributed by atoms with Gasteiger partial charge in [0.05, 0.1) is 0 Å². The molecule has 0 spiro atoms. The van der Waals surface area contributed by atoms with Crippen molar-refractivity contribution in [1.82, 2.24) is 5.32 Å². The first-order valence-corrected chi connectivity index (χ1v) is 5.12. The van der Waals surface area contributed by atoms with Crippen molar-refractivity contribution >= 4 is 12.2 Å². The average molecular weight is 221 g/mol. The fraction of sp³-hybridized carbons (Fsp3) is 0.333. The zero-order valence-electron chi connectivity index (χ0n) is 9.23. The molecule has 86 valence electrons. The first kappa shape index (κ1) is 12.2. The number of benzene rings is 1. The van der Waals surface area contributed by atoms with E-state index in [1.807, 2.05) is 31.2 Å². The van der Waals surface area contributed by atoms with Crippen molar-refractivity contribution in [2.24, 2.45) is 0 Å². The summed E-state index contributed by atoms with van der Waals surface area (Å²) in [6, 6.07) is 7.46. The number of hydrogen-bond donors (Lipinski definition) is 1. The molecule has 0 fully saturated rings. The Kier molecular flexibility index (Phi) is 5.05. The molecule has 1 N–H and O–H groups in total. The van der Waals surface area contributed by atoms with Crippen molar-refractivity contribution in [1.29, 1.82) is 0 Å². The molecule has 0 heterocycles. The highest BCUT2D eigenvalue weighted by Gasteiger charge is 2.01. The van der Waals surface area contributed by atoms with Crippen LogP contribution in [0.5, 0.6) is 5.75 Å². The van der Waals surface area contributed by atoms with E-state index in [1.165, 1.54) is 0 Å². The van der Waals surface area contributed by atoms with Gasteiger partial charge < -0.3 is 14.8 Å². The van der Waals surface area contributed by atoms with Gasteiger partial charge in [0, 0.05) is 13.0 Å². The molecule has 0 radical (unpaired) electrons. The Morgan fingerprint density at radius 3 is 2.69 bits per heavy atom. The molecule has 0 aliphatic heterocycles. The number of aryl methyl sites for hydroxylation is 1. The molecule has 0 saturated carbocycles. The van der Waals surface area contributed by atoms with Gasteiger partial charge >= 0.3 is 0 Å². The third-order valence-electron chi connectivity index (χ3n) is 1.98. The second-order valence-electron chi connectivity index (χ2n) is 3.41. The van der Waals surface area contributed by atoms with E-state index in [0.29, 0.717) is 18.7 Å². The van der Waals surface area contributed by atoms with Crippen LogP contribution in [0.3, 0.4) is 0 Å². The summed E-state index contributed by atoms with van der Waals surface area (Å²) in [7, 11) is 0. The second kappa shape index (κ2) is 6.61. The number of hydrogen-bond acceptors (Lipinski definition) is 3. The topological polar surface area (TPSA) is 55.4 Å². The van der Waals surface area contributed by atoms with E-state index < -0.39 is 0 Å². The number of nitrogens with one attached hydrogen (secondary N) is 1. The lowest BCUT2D eigenvalue weighted by Crippen LogP contribution is -2.29. The van der Waals surface area contributed by atoms with Crippen molar-refractivity contribution in [2.75, 3.05) is 13.2 Å². The quantitative estimate of drug-likeness (QED) is 0.577. The van der Waals surface area contributed by atoms with Gasteiger partial charge in [-0.05, 0) is 19.1 Å². The summed E-state index contributed by atoms with van der Waals surface area (Å²) in [5, 5.41) is 2.57. The molecule has 0 bridgehead atoms. The van der Waals surface area contributed by atoms with Crippen LogP contribution in [0.25, 0.3) is 0 Å².